The fraction of sp³-hybridized carbons (Fsp3) is 0.167. The number of carboxylic acids is 1. The first kappa shape index (κ1) is 105. The first-order valence-corrected chi connectivity index (χ1v) is 39.5. The monoisotopic (exact) mass is 1940 g/mol. The van der Waals surface area contributed by atoms with Crippen LogP contribution in [0.1, 0.15) is 67.0 Å². The van der Waals surface area contributed by atoms with E-state index in [9.17, 15) is 41.1 Å². The van der Waals surface area contributed by atoms with Gasteiger partial charge >= 0.3 is 19.1 Å². The van der Waals surface area contributed by atoms with E-state index in [-0.39, 0.29) is 119 Å². The Balaban J connectivity index is 0.000000264. The molecule has 5 heterocycles. The number of H-pyrrole nitrogens is 1. The largest absolute Gasteiger partial charge is 0.488 e. The van der Waals surface area contributed by atoms with E-state index in [2.05, 4.69) is 73.1 Å². The smallest absolute Gasteiger partial charge is 0.481 e. The number of carbonyl (C=O) groups excluding carboxylic acids is 3. The number of nitrogen functional groups attached to an aromatic ring is 1. The van der Waals surface area contributed by atoms with Crippen molar-refractivity contribution in [2.24, 2.45) is 17.6 Å². The van der Waals surface area contributed by atoms with Crippen LogP contribution >= 0.6 is 97.2 Å². The van der Waals surface area contributed by atoms with E-state index in [0.29, 0.717) is 37.1 Å². The Morgan fingerprint density at radius 1 is 0.484 bits per heavy atom. The Bertz CT molecular complexity index is 6050. The average Bonchev–Trinajstić information content (AvgIpc) is 1.65. The summed E-state index contributed by atoms with van der Waals surface area (Å²) in [4.78, 5) is 45.9. The molecule has 0 spiro atoms. The molecule has 0 radical (unpaired) electrons. The van der Waals surface area contributed by atoms with E-state index in [4.69, 9.17) is 36.5 Å². The number of rotatable bonds is 16. The fourth-order valence-corrected chi connectivity index (χ4v) is 12.7. The molecule has 11 aromatic carbocycles. The number of aliphatic carboxylic acids is 1. The number of aliphatic hydroxyl groups excluding tert-OH is 1. The number of fused-ring (bicyclic) bond motifs is 5. The lowest BCUT2D eigenvalue weighted by Gasteiger charge is -2.11. The molecule has 0 aliphatic heterocycles. The highest BCUT2D eigenvalue weighted by Gasteiger charge is 2.26. The summed E-state index contributed by atoms with van der Waals surface area (Å²) in [5, 5.41) is 67.5. The minimum absolute atomic E-state index is 0. The second-order valence-corrected chi connectivity index (χ2v) is 29.8. The van der Waals surface area contributed by atoms with Gasteiger partial charge in [0.1, 0.15) is 41.7 Å². The number of halogens is 9. The van der Waals surface area contributed by atoms with Gasteiger partial charge in [0.25, 0.3) is 0 Å². The molecule has 3 atom stereocenters. The van der Waals surface area contributed by atoms with Gasteiger partial charge in [-0.2, -0.15) is 66.0 Å². The zero-order valence-electron chi connectivity index (χ0n) is 69.2. The summed E-state index contributed by atoms with van der Waals surface area (Å²) >= 11 is 6.28. The predicted molar refractivity (Wildman–Crippen MR) is 515 cm³/mol. The third kappa shape index (κ3) is 28.0. The average molecular weight is 1950 g/mol. The lowest BCUT2D eigenvalue weighted by Crippen LogP contribution is -2.38. The molecule has 16 aromatic rings. The second kappa shape index (κ2) is 49.5. The number of aromatic amines is 1. The highest BCUT2D eigenvalue weighted by molar-refractivity contribution is 9.10. The highest BCUT2D eigenvalue weighted by atomic mass is 79.9. The molecule has 2 amide bonds. The first-order chi connectivity index (χ1) is 57.9. The summed E-state index contributed by atoms with van der Waals surface area (Å²) in [6, 6.07) is 62.0. The van der Waals surface area contributed by atoms with E-state index in [1.54, 1.807) is 94.4 Å². The number of carbonyl (C=O) groups is 4. The van der Waals surface area contributed by atoms with E-state index in [1.807, 2.05) is 187 Å². The summed E-state index contributed by atoms with van der Waals surface area (Å²) in [7, 11) is -1.35. The number of carboxylic acid groups (broad SMARTS) is 1. The van der Waals surface area contributed by atoms with Gasteiger partial charge in [-0.05, 0) is 222 Å². The van der Waals surface area contributed by atoms with Crippen molar-refractivity contribution >= 4 is 205 Å². The minimum atomic E-state index is -1.35. The van der Waals surface area contributed by atoms with Crippen molar-refractivity contribution in [3.63, 3.8) is 0 Å². The van der Waals surface area contributed by atoms with Crippen LogP contribution in [0.4, 0.5) is 39.0 Å². The molecule has 16 rings (SSSR count). The number of nitrogens with two attached hydrogens (primary N) is 2. The Labute approximate surface area is 773 Å². The number of hydrogen-bond acceptors (Lipinski definition) is 15. The quantitative estimate of drug-likeness (QED) is 0.0143. The van der Waals surface area contributed by atoms with E-state index in [1.165, 1.54) is 36.4 Å². The molecule has 23 nitrogen and oxygen atoms in total. The van der Waals surface area contributed by atoms with Gasteiger partial charge in [-0.1, -0.05) is 129 Å². The van der Waals surface area contributed by atoms with E-state index >= 15 is 0 Å². The Hall–Kier alpha value is -11.4. The molecule has 0 aliphatic carbocycles. The predicted octanol–water partition coefficient (Wildman–Crippen LogP) is 18.6. The van der Waals surface area contributed by atoms with Gasteiger partial charge in [0.15, 0.2) is 5.92 Å². The van der Waals surface area contributed by atoms with Crippen molar-refractivity contribution in [1.29, 1.82) is 0 Å². The molecule has 0 saturated carbocycles. The first-order valence-electron chi connectivity index (χ1n) is 37.9. The summed E-state index contributed by atoms with van der Waals surface area (Å²) in [5.74, 6) is -5.89. The van der Waals surface area contributed by atoms with Crippen LogP contribution in [0.3, 0.4) is 0 Å². The summed E-state index contributed by atoms with van der Waals surface area (Å²) in [5.41, 5.74) is 25.8. The number of amides is 2. The molecule has 0 fully saturated rings. The topological polar surface area (TPSA) is 334 Å². The minimum Gasteiger partial charge on any atom is -0.481 e. The van der Waals surface area contributed by atoms with Crippen molar-refractivity contribution in [3.8, 4) is 22.7 Å². The van der Waals surface area contributed by atoms with Crippen molar-refractivity contribution < 1.29 is 66.1 Å². The van der Waals surface area contributed by atoms with Gasteiger partial charge in [0.05, 0.1) is 114 Å². The zero-order chi connectivity index (χ0) is 87.3. The van der Waals surface area contributed by atoms with Crippen LogP contribution in [-0.2, 0) is 30.5 Å². The number of ether oxygens (including phenoxy) is 1. The number of aliphatic hydroxyl groups is 1. The Morgan fingerprint density at radius 2 is 0.865 bits per heavy atom. The highest BCUT2D eigenvalue weighted by Crippen LogP contribution is 2.31. The lowest BCUT2D eigenvalue weighted by molar-refractivity contribution is -0.159. The molecule has 5 aromatic heterocycles. The maximum Gasteiger partial charge on any atom is 0.488 e. The van der Waals surface area contributed by atoms with Crippen LogP contribution < -0.4 is 27.6 Å². The van der Waals surface area contributed by atoms with Crippen LogP contribution in [0.15, 0.2) is 252 Å². The number of esters is 1. The fourth-order valence-electron chi connectivity index (χ4n) is 12.0. The normalized spacial score (nSPS) is 11.0. The van der Waals surface area contributed by atoms with Crippen molar-refractivity contribution in [2.75, 3.05) is 23.0 Å². The van der Waals surface area contributed by atoms with Gasteiger partial charge in [0.2, 0.25) is 11.8 Å². The molecule has 11 N–H and O–H groups in total. The lowest BCUT2D eigenvalue weighted by atomic mass is 9.80. The maximum absolute atomic E-state index is 14.3. The molecule has 0 aliphatic rings. The standard InChI is InChI=1S/C19H20FN3O.C17H17FN4O2.C14H10BrFN2.C14H12FN3.C12H14O4.C7H9BO2.C7H4BrFN2.2ClH.3H2S/c1-4-13(3)19(24)22-17-10-18-14(9-16(17)20)11-21-23(18)15-7-5-6-12(2)8-15;1-10-3-2-4-12(5-10)22-16-7-15(21-17(24)14(19)9-23)13(18)6-11(16)8-20-22;1-9-3-2-4-11(5-9)18-14-7-12(15)13(16)6-10(14)8-17-18;1-9-3-2-4-11(5-9)18-14-7-13(16)12(15)6-10(14)8-17-18;1-2-10(11(13)14)12(15)16-8-9-6-4-3-5-7-9;1-6-3-2-4-7(5-6)8(9)10;8-5-2-7-4(1-6(5)9)3-10-11-7;;;;;/h5-11,13H,4H2,1-3H3,(H,22,24);2-8,14,23H,9,19H2,1H3,(H,21,24);2-8H,1H3;2-8H,16H2,1H3;3-7,10H,2,8H2,1H3,(H,13,14);2-5,9-10H,1H3;1-3H,(H,10,11);2*1H;3*1H2/t13-;14-;;;10-;;;;;;;/m00..0......./s1. The van der Waals surface area contributed by atoms with Gasteiger partial charge < -0.3 is 47.1 Å². The number of nitrogens with one attached hydrogen (secondary N) is 3. The molecular formula is C90H94BBr2Cl2F5N14O9S3. The summed E-state index contributed by atoms with van der Waals surface area (Å²) < 4.78 is 80.9. The number of benzene rings is 11. The summed E-state index contributed by atoms with van der Waals surface area (Å²) in [6.45, 7) is 14.9. The van der Waals surface area contributed by atoms with Crippen molar-refractivity contribution in [2.45, 2.75) is 80.9 Å². The van der Waals surface area contributed by atoms with Gasteiger partial charge in [-0.3, -0.25) is 24.3 Å². The van der Waals surface area contributed by atoms with Crippen LogP contribution in [0.25, 0.3) is 77.3 Å². The molecule has 662 valence electrons. The molecule has 126 heavy (non-hydrogen) atoms. The van der Waals surface area contributed by atoms with Gasteiger partial charge in [-0.25, -0.2) is 40.7 Å². The number of nitrogens with zero attached hydrogens (tertiary/aromatic N) is 9. The van der Waals surface area contributed by atoms with Crippen LogP contribution in [0, 0.1) is 75.5 Å². The van der Waals surface area contributed by atoms with E-state index < -0.39 is 61.0 Å². The van der Waals surface area contributed by atoms with Gasteiger partial charge in [0, 0.05) is 32.8 Å². The van der Waals surface area contributed by atoms with E-state index in [0.717, 1.165) is 94.4 Å². The van der Waals surface area contributed by atoms with Crippen LogP contribution in [-0.4, -0.2) is 113 Å². The Morgan fingerprint density at radius 3 is 1.25 bits per heavy atom. The van der Waals surface area contributed by atoms with Crippen molar-refractivity contribution in [1.82, 2.24) is 49.3 Å². The summed E-state index contributed by atoms with van der Waals surface area (Å²) in [6.07, 6.45) is 9.03. The Kier molecular flexibility index (Phi) is 41.3. The van der Waals surface area contributed by atoms with Crippen LogP contribution in [0.5, 0.6) is 0 Å². The molecule has 0 saturated heterocycles. The molecule has 0 unspecified atom stereocenters. The third-order valence-electron chi connectivity index (χ3n) is 18.7. The SMILES string of the molecule is CC[C@@H](C(=O)O)C(=O)OCc1ccccc1.CC[C@H](C)C(=O)Nc1cc2c(cnn2-c2cccc(C)c2)cc1F.Cc1cccc(-n2ncc3cc(F)c(Br)cc32)c1.Cc1cccc(-n2ncc3cc(F)c(N)cc32)c1.Cc1cccc(-n2ncc3cc(F)c(NC(=O)[C@@H](N)CO)cc32)c1.Cc1cccc(B(O)O)c1.Cl.Cl.Fc1cc2cn[nH]c2cc1Br.S.S.S. The second-order valence-electron chi connectivity index (χ2n) is 28.1. The molecule has 36 heteroatoms. The van der Waals surface area contributed by atoms with Crippen molar-refractivity contribution in [3.05, 3.63) is 315 Å². The number of aryl methyl sites for hydroxylation is 5. The molecular weight excluding hydrogens is 1850 g/mol. The zero-order valence-corrected chi connectivity index (χ0v) is 77.0. The number of hydrogen-bond donors (Lipinski definition) is 9. The molecule has 0 bridgehead atoms. The number of anilines is 3. The third-order valence-corrected chi connectivity index (χ3v) is 20.0. The maximum atomic E-state index is 14.3. The van der Waals surface area contributed by atoms with Gasteiger partial charge in [-0.15, -0.1) is 24.8 Å². The van der Waals surface area contributed by atoms with Crippen LogP contribution in [0.2, 0.25) is 0 Å². The number of aromatic nitrogens is 10.